The van der Waals surface area contributed by atoms with Gasteiger partial charge in [-0.2, -0.15) is 0 Å². The zero-order chi connectivity index (χ0) is 13.8. The van der Waals surface area contributed by atoms with Gasteiger partial charge in [0, 0.05) is 12.7 Å². The lowest BCUT2D eigenvalue weighted by Gasteiger charge is -2.32. The highest BCUT2D eigenvalue weighted by molar-refractivity contribution is 5.24. The smallest absolute Gasteiger partial charge is 0.129 e. The first-order valence-corrected chi connectivity index (χ1v) is 6.37. The van der Waals surface area contributed by atoms with Gasteiger partial charge in [-0.25, -0.2) is 4.39 Å². The molecule has 1 rings (SSSR count). The molecule has 0 bridgehead atoms. The average molecular weight is 254 g/mol. The standard InChI is InChI=1S/C15H23FO2/c1-5-15(17,11-10-14(2,3)18-4)12-8-6-7-9-13(12)16/h6-9,17H,5,10-11H2,1-4H3. The van der Waals surface area contributed by atoms with Gasteiger partial charge < -0.3 is 9.84 Å². The number of benzene rings is 1. The van der Waals surface area contributed by atoms with Crippen molar-refractivity contribution in [3.05, 3.63) is 35.6 Å². The Kier molecular flexibility index (Phi) is 4.88. The van der Waals surface area contributed by atoms with Gasteiger partial charge in [0.2, 0.25) is 0 Å². The van der Waals surface area contributed by atoms with Gasteiger partial charge in [0.05, 0.1) is 11.2 Å². The van der Waals surface area contributed by atoms with Crippen molar-refractivity contribution in [2.24, 2.45) is 0 Å². The van der Waals surface area contributed by atoms with Gasteiger partial charge in [-0.05, 0) is 39.2 Å². The fourth-order valence-electron chi connectivity index (χ4n) is 1.95. The molecule has 0 fully saturated rings. The normalized spacial score (nSPS) is 15.4. The number of hydrogen-bond donors (Lipinski definition) is 1. The summed E-state index contributed by atoms with van der Waals surface area (Å²) in [7, 11) is 1.65. The molecule has 1 N–H and O–H groups in total. The number of hydrogen-bond acceptors (Lipinski definition) is 2. The van der Waals surface area contributed by atoms with E-state index in [9.17, 15) is 9.50 Å². The van der Waals surface area contributed by atoms with Gasteiger partial charge in [0.1, 0.15) is 5.82 Å². The molecule has 0 aliphatic rings. The van der Waals surface area contributed by atoms with Crippen molar-refractivity contribution in [3.63, 3.8) is 0 Å². The Morgan fingerprint density at radius 1 is 1.22 bits per heavy atom. The predicted octanol–water partition coefficient (Wildman–Crippen LogP) is 3.63. The van der Waals surface area contributed by atoms with Gasteiger partial charge in [0.25, 0.3) is 0 Å². The topological polar surface area (TPSA) is 29.5 Å². The van der Waals surface area contributed by atoms with E-state index in [1.54, 1.807) is 25.3 Å². The van der Waals surface area contributed by atoms with Crippen LogP contribution < -0.4 is 0 Å². The van der Waals surface area contributed by atoms with E-state index >= 15 is 0 Å². The van der Waals surface area contributed by atoms with Crippen molar-refractivity contribution < 1.29 is 14.2 Å². The van der Waals surface area contributed by atoms with E-state index in [1.807, 2.05) is 20.8 Å². The van der Waals surface area contributed by atoms with Crippen LogP contribution in [0.15, 0.2) is 24.3 Å². The second-order valence-corrected chi connectivity index (χ2v) is 5.33. The third-order valence-corrected chi connectivity index (χ3v) is 3.65. The molecule has 0 radical (unpaired) electrons. The van der Waals surface area contributed by atoms with Crippen LogP contribution in [0.25, 0.3) is 0 Å². The van der Waals surface area contributed by atoms with Gasteiger partial charge in [-0.3, -0.25) is 0 Å². The molecule has 0 saturated carbocycles. The second kappa shape index (κ2) is 5.81. The number of rotatable bonds is 6. The number of halogens is 1. The minimum absolute atomic E-state index is 0.311. The molecule has 0 amide bonds. The van der Waals surface area contributed by atoms with Crippen LogP contribution in [0.3, 0.4) is 0 Å². The van der Waals surface area contributed by atoms with E-state index < -0.39 is 5.60 Å². The zero-order valence-electron chi connectivity index (χ0n) is 11.7. The summed E-state index contributed by atoms with van der Waals surface area (Å²) in [5.74, 6) is -0.350. The summed E-state index contributed by atoms with van der Waals surface area (Å²) in [5.41, 5.74) is -1.06. The maximum absolute atomic E-state index is 13.8. The Bertz CT molecular complexity index is 390. The van der Waals surface area contributed by atoms with Crippen LogP contribution in [-0.4, -0.2) is 17.8 Å². The van der Waals surface area contributed by atoms with Crippen molar-refractivity contribution in [3.8, 4) is 0 Å². The largest absolute Gasteiger partial charge is 0.385 e. The molecule has 1 unspecified atom stereocenters. The number of aliphatic hydroxyl groups is 1. The molecule has 1 aromatic carbocycles. The summed E-state index contributed by atoms with van der Waals surface area (Å²) in [6.45, 7) is 5.79. The van der Waals surface area contributed by atoms with E-state index in [4.69, 9.17) is 4.74 Å². The third-order valence-electron chi connectivity index (χ3n) is 3.65. The van der Waals surface area contributed by atoms with E-state index in [-0.39, 0.29) is 11.4 Å². The minimum Gasteiger partial charge on any atom is -0.385 e. The summed E-state index contributed by atoms with van der Waals surface area (Å²) in [4.78, 5) is 0. The van der Waals surface area contributed by atoms with Gasteiger partial charge in [-0.15, -0.1) is 0 Å². The lowest BCUT2D eigenvalue weighted by Crippen LogP contribution is -2.31. The predicted molar refractivity (Wildman–Crippen MR) is 70.9 cm³/mol. The molecule has 0 spiro atoms. The van der Waals surface area contributed by atoms with Crippen LogP contribution in [0.5, 0.6) is 0 Å². The molecule has 0 aromatic heterocycles. The first-order chi connectivity index (χ1) is 8.34. The van der Waals surface area contributed by atoms with Gasteiger partial charge in [0.15, 0.2) is 0 Å². The molecule has 18 heavy (non-hydrogen) atoms. The van der Waals surface area contributed by atoms with Crippen LogP contribution in [0.1, 0.15) is 45.6 Å². The quantitative estimate of drug-likeness (QED) is 0.840. The van der Waals surface area contributed by atoms with Crippen LogP contribution in [0, 0.1) is 5.82 Å². The molecular weight excluding hydrogens is 231 g/mol. The van der Waals surface area contributed by atoms with Crippen molar-refractivity contribution >= 4 is 0 Å². The van der Waals surface area contributed by atoms with Crippen LogP contribution in [0.4, 0.5) is 4.39 Å². The van der Waals surface area contributed by atoms with Crippen molar-refractivity contribution in [1.82, 2.24) is 0 Å². The highest BCUT2D eigenvalue weighted by Crippen LogP contribution is 2.34. The SMILES string of the molecule is CCC(O)(CCC(C)(C)OC)c1ccccc1F. The molecular formula is C15H23FO2. The van der Waals surface area contributed by atoms with Crippen LogP contribution in [0.2, 0.25) is 0 Å². The maximum atomic E-state index is 13.8. The van der Waals surface area contributed by atoms with Crippen LogP contribution in [-0.2, 0) is 10.3 Å². The Hall–Kier alpha value is -0.930. The highest BCUT2D eigenvalue weighted by atomic mass is 19.1. The fraction of sp³-hybridized carbons (Fsp3) is 0.600. The zero-order valence-corrected chi connectivity index (χ0v) is 11.7. The summed E-state index contributed by atoms with van der Waals surface area (Å²) in [6, 6.07) is 6.42. The molecule has 0 saturated heterocycles. The van der Waals surface area contributed by atoms with E-state index in [0.717, 1.165) is 0 Å². The third kappa shape index (κ3) is 3.53. The molecule has 1 atom stereocenters. The number of ether oxygens (including phenoxy) is 1. The van der Waals surface area contributed by atoms with Crippen molar-refractivity contribution in [2.75, 3.05) is 7.11 Å². The summed E-state index contributed by atoms with van der Waals surface area (Å²) >= 11 is 0. The lowest BCUT2D eigenvalue weighted by atomic mass is 9.83. The highest BCUT2D eigenvalue weighted by Gasteiger charge is 2.32. The Morgan fingerprint density at radius 2 is 1.83 bits per heavy atom. The maximum Gasteiger partial charge on any atom is 0.129 e. The first-order valence-electron chi connectivity index (χ1n) is 6.37. The first kappa shape index (κ1) is 15.1. The molecule has 2 nitrogen and oxygen atoms in total. The van der Waals surface area contributed by atoms with Crippen molar-refractivity contribution in [2.45, 2.75) is 51.2 Å². The van der Waals surface area contributed by atoms with Gasteiger partial charge in [-0.1, -0.05) is 25.1 Å². The monoisotopic (exact) mass is 254 g/mol. The Morgan fingerprint density at radius 3 is 2.33 bits per heavy atom. The second-order valence-electron chi connectivity index (χ2n) is 5.33. The lowest BCUT2D eigenvalue weighted by molar-refractivity contribution is -0.0321. The van der Waals surface area contributed by atoms with Crippen LogP contribution >= 0.6 is 0 Å². The van der Waals surface area contributed by atoms with Crippen molar-refractivity contribution in [1.29, 1.82) is 0 Å². The summed E-state index contributed by atoms with van der Waals surface area (Å²) in [6.07, 6.45) is 1.63. The average Bonchev–Trinajstić information content (AvgIpc) is 2.37. The minimum atomic E-state index is -1.12. The molecule has 0 aliphatic carbocycles. The number of methoxy groups -OCH3 is 1. The summed E-state index contributed by atoms with van der Waals surface area (Å²) in [5, 5.41) is 10.6. The van der Waals surface area contributed by atoms with E-state index in [1.165, 1.54) is 6.07 Å². The van der Waals surface area contributed by atoms with E-state index in [2.05, 4.69) is 0 Å². The Balaban J connectivity index is 2.90. The van der Waals surface area contributed by atoms with Gasteiger partial charge >= 0.3 is 0 Å². The van der Waals surface area contributed by atoms with E-state index in [0.29, 0.717) is 24.8 Å². The summed E-state index contributed by atoms with van der Waals surface area (Å²) < 4.78 is 19.1. The fourth-order valence-corrected chi connectivity index (χ4v) is 1.95. The molecule has 102 valence electrons. The molecule has 0 aliphatic heterocycles. The molecule has 1 aromatic rings. The molecule has 3 heteroatoms. The Labute approximate surface area is 109 Å². The molecule has 0 heterocycles.